The van der Waals surface area contributed by atoms with Crippen LogP contribution in [0.4, 0.5) is 5.69 Å². The first kappa shape index (κ1) is 15.3. The Morgan fingerprint density at radius 3 is 2.40 bits per heavy atom. The molecule has 0 spiro atoms. The van der Waals surface area contributed by atoms with Gasteiger partial charge in [0.25, 0.3) is 0 Å². The maximum atomic E-state index is 5.24. The lowest BCUT2D eigenvalue weighted by Gasteiger charge is -2.17. The van der Waals surface area contributed by atoms with E-state index >= 15 is 0 Å². The van der Waals surface area contributed by atoms with E-state index in [0.29, 0.717) is 0 Å². The van der Waals surface area contributed by atoms with Gasteiger partial charge in [0.2, 0.25) is 0 Å². The van der Waals surface area contributed by atoms with E-state index in [0.717, 1.165) is 15.9 Å². The number of thioether (sulfide) groups is 1. The summed E-state index contributed by atoms with van der Waals surface area (Å²) in [5.41, 5.74) is 2.34. The molecule has 2 aromatic rings. The van der Waals surface area contributed by atoms with E-state index in [-0.39, 0.29) is 6.04 Å². The maximum absolute atomic E-state index is 5.24. The van der Waals surface area contributed by atoms with E-state index < -0.39 is 0 Å². The van der Waals surface area contributed by atoms with Gasteiger partial charge in [0.15, 0.2) is 0 Å². The summed E-state index contributed by atoms with van der Waals surface area (Å²) in [7, 11) is 1.67. The molecular weight excluding hydrogens is 334 g/mol. The van der Waals surface area contributed by atoms with E-state index in [4.69, 9.17) is 4.74 Å². The molecule has 20 heavy (non-hydrogen) atoms. The number of nitrogens with one attached hydrogen (secondary N) is 1. The number of anilines is 1. The number of rotatable bonds is 5. The van der Waals surface area contributed by atoms with Crippen molar-refractivity contribution in [1.29, 1.82) is 0 Å². The van der Waals surface area contributed by atoms with Gasteiger partial charge in [0, 0.05) is 16.6 Å². The van der Waals surface area contributed by atoms with Crippen LogP contribution in [0.1, 0.15) is 18.5 Å². The van der Waals surface area contributed by atoms with Gasteiger partial charge in [0.1, 0.15) is 5.75 Å². The van der Waals surface area contributed by atoms with Gasteiger partial charge in [0.05, 0.1) is 11.6 Å². The molecule has 0 aliphatic heterocycles. The minimum absolute atomic E-state index is 0.256. The Balaban J connectivity index is 2.10. The molecule has 0 saturated carbocycles. The Labute approximate surface area is 133 Å². The molecule has 0 aliphatic rings. The molecule has 1 atom stereocenters. The smallest absolute Gasteiger partial charge is 0.133 e. The van der Waals surface area contributed by atoms with Crippen molar-refractivity contribution < 1.29 is 4.74 Å². The molecule has 1 unspecified atom stereocenters. The zero-order valence-electron chi connectivity index (χ0n) is 11.8. The van der Waals surface area contributed by atoms with E-state index in [1.54, 1.807) is 18.9 Å². The van der Waals surface area contributed by atoms with Crippen molar-refractivity contribution in [2.24, 2.45) is 0 Å². The largest absolute Gasteiger partial charge is 0.496 e. The molecule has 0 saturated heterocycles. The molecule has 0 fully saturated rings. The third-order valence-corrected chi connectivity index (χ3v) is 4.51. The van der Waals surface area contributed by atoms with Gasteiger partial charge in [-0.2, -0.15) is 0 Å². The van der Waals surface area contributed by atoms with Crippen LogP contribution in [0, 0.1) is 0 Å². The average Bonchev–Trinajstić information content (AvgIpc) is 2.47. The summed E-state index contributed by atoms with van der Waals surface area (Å²) in [6.07, 6.45) is 2.09. The van der Waals surface area contributed by atoms with Crippen molar-refractivity contribution in [1.82, 2.24) is 0 Å². The molecule has 2 aromatic carbocycles. The fourth-order valence-electron chi connectivity index (χ4n) is 1.98. The van der Waals surface area contributed by atoms with E-state index in [1.165, 1.54) is 10.5 Å². The van der Waals surface area contributed by atoms with Gasteiger partial charge in [-0.3, -0.25) is 0 Å². The zero-order valence-corrected chi connectivity index (χ0v) is 14.2. The lowest BCUT2D eigenvalue weighted by molar-refractivity contribution is 0.412. The third-order valence-electron chi connectivity index (χ3n) is 3.15. The Morgan fingerprint density at radius 2 is 1.85 bits per heavy atom. The first-order valence-corrected chi connectivity index (χ1v) is 8.40. The molecule has 0 radical (unpaired) electrons. The van der Waals surface area contributed by atoms with E-state index in [9.17, 15) is 0 Å². The van der Waals surface area contributed by atoms with Crippen LogP contribution < -0.4 is 10.1 Å². The molecule has 2 rings (SSSR count). The topological polar surface area (TPSA) is 21.3 Å². The predicted molar refractivity (Wildman–Crippen MR) is 91.0 cm³/mol. The number of hydrogen-bond donors (Lipinski definition) is 1. The van der Waals surface area contributed by atoms with Crippen LogP contribution in [0.2, 0.25) is 0 Å². The first-order valence-electron chi connectivity index (χ1n) is 6.38. The highest BCUT2D eigenvalue weighted by Crippen LogP contribution is 2.29. The van der Waals surface area contributed by atoms with Crippen LogP contribution in [0.5, 0.6) is 5.75 Å². The summed E-state index contributed by atoms with van der Waals surface area (Å²) >= 11 is 5.26. The molecule has 0 amide bonds. The molecule has 0 bridgehead atoms. The maximum Gasteiger partial charge on any atom is 0.133 e. The molecular formula is C16H18BrNOS. The normalized spacial score (nSPS) is 12.0. The van der Waals surface area contributed by atoms with Crippen molar-refractivity contribution in [3.05, 3.63) is 52.5 Å². The van der Waals surface area contributed by atoms with Gasteiger partial charge in [-0.1, -0.05) is 12.1 Å². The average molecular weight is 352 g/mol. The van der Waals surface area contributed by atoms with Crippen LogP contribution in [0.3, 0.4) is 0 Å². The third kappa shape index (κ3) is 3.70. The standard InChI is InChI=1S/C16H18BrNOS/c1-11(12-4-7-14(20-3)8-5-12)18-13-6-9-16(19-2)15(17)10-13/h4-11,18H,1-3H3. The van der Waals surface area contributed by atoms with Gasteiger partial charge < -0.3 is 10.1 Å². The number of halogens is 1. The lowest BCUT2D eigenvalue weighted by atomic mass is 10.1. The highest BCUT2D eigenvalue weighted by molar-refractivity contribution is 9.10. The summed E-state index contributed by atoms with van der Waals surface area (Å²) < 4.78 is 6.19. The molecule has 2 nitrogen and oxygen atoms in total. The van der Waals surface area contributed by atoms with E-state index in [2.05, 4.69) is 58.7 Å². The van der Waals surface area contributed by atoms with Crippen molar-refractivity contribution in [3.8, 4) is 5.75 Å². The minimum Gasteiger partial charge on any atom is -0.496 e. The summed E-state index contributed by atoms with van der Waals surface area (Å²) in [4.78, 5) is 1.29. The number of benzene rings is 2. The van der Waals surface area contributed by atoms with Crippen LogP contribution in [0.15, 0.2) is 51.8 Å². The zero-order chi connectivity index (χ0) is 14.5. The highest BCUT2D eigenvalue weighted by atomic mass is 79.9. The Hall–Kier alpha value is -1.13. The number of ether oxygens (including phenoxy) is 1. The second-order valence-corrected chi connectivity index (χ2v) is 6.22. The Morgan fingerprint density at radius 1 is 1.15 bits per heavy atom. The van der Waals surface area contributed by atoms with Crippen molar-refractivity contribution >= 4 is 33.4 Å². The van der Waals surface area contributed by atoms with Gasteiger partial charge in [-0.25, -0.2) is 0 Å². The highest BCUT2D eigenvalue weighted by Gasteiger charge is 2.07. The molecule has 106 valence electrons. The lowest BCUT2D eigenvalue weighted by Crippen LogP contribution is -2.06. The fraction of sp³-hybridized carbons (Fsp3) is 0.250. The Kier molecular flexibility index (Phi) is 5.38. The second-order valence-electron chi connectivity index (χ2n) is 4.49. The summed E-state index contributed by atoms with van der Waals surface area (Å²) in [5.74, 6) is 0.840. The van der Waals surface area contributed by atoms with Gasteiger partial charge >= 0.3 is 0 Å². The predicted octanol–water partition coefficient (Wildman–Crippen LogP) is 5.35. The minimum atomic E-state index is 0.256. The van der Waals surface area contributed by atoms with Gasteiger partial charge in [-0.05, 0) is 65.0 Å². The summed E-state index contributed by atoms with van der Waals surface area (Å²) in [6.45, 7) is 2.16. The van der Waals surface area contributed by atoms with Crippen molar-refractivity contribution in [3.63, 3.8) is 0 Å². The molecule has 0 heterocycles. The second kappa shape index (κ2) is 7.04. The quantitative estimate of drug-likeness (QED) is 0.733. The van der Waals surface area contributed by atoms with Crippen LogP contribution >= 0.6 is 27.7 Å². The molecule has 4 heteroatoms. The molecule has 0 aromatic heterocycles. The molecule has 1 N–H and O–H groups in total. The SMILES string of the molecule is COc1ccc(NC(C)c2ccc(SC)cc2)cc1Br. The Bertz CT molecular complexity index is 571. The summed E-state index contributed by atoms with van der Waals surface area (Å²) in [5, 5.41) is 3.50. The molecule has 0 aliphatic carbocycles. The van der Waals surface area contributed by atoms with Crippen LogP contribution in [-0.4, -0.2) is 13.4 Å². The number of hydrogen-bond acceptors (Lipinski definition) is 3. The van der Waals surface area contributed by atoms with Crippen LogP contribution in [0.25, 0.3) is 0 Å². The fourth-order valence-corrected chi connectivity index (χ4v) is 2.93. The summed E-state index contributed by atoms with van der Waals surface area (Å²) in [6, 6.07) is 14.9. The number of methoxy groups -OCH3 is 1. The first-order chi connectivity index (χ1) is 9.63. The van der Waals surface area contributed by atoms with E-state index in [1.807, 2.05) is 18.2 Å². The van der Waals surface area contributed by atoms with Crippen molar-refractivity contribution in [2.75, 3.05) is 18.7 Å². The monoisotopic (exact) mass is 351 g/mol. The van der Waals surface area contributed by atoms with Crippen LogP contribution in [-0.2, 0) is 0 Å². The van der Waals surface area contributed by atoms with Crippen molar-refractivity contribution in [2.45, 2.75) is 17.9 Å². The van der Waals surface area contributed by atoms with Gasteiger partial charge in [-0.15, -0.1) is 11.8 Å².